The van der Waals surface area contributed by atoms with Crippen LogP contribution in [0.2, 0.25) is 0 Å². The number of halogens is 5. The van der Waals surface area contributed by atoms with Crippen molar-refractivity contribution in [2.75, 3.05) is 0 Å². The van der Waals surface area contributed by atoms with Gasteiger partial charge in [-0.2, -0.15) is 31.7 Å². The summed E-state index contributed by atoms with van der Waals surface area (Å²) in [4.78, 5) is 0. The second-order valence-electron chi connectivity index (χ2n) is 2.55. The molecule has 0 radical (unpaired) electrons. The van der Waals surface area contributed by atoms with E-state index >= 15 is 0 Å². The average Bonchev–Trinajstić information content (AvgIpc) is 2.45. The predicted octanol–water partition coefficient (Wildman–Crippen LogP) is 1.58. The second-order valence-corrected chi connectivity index (χ2v) is 2.55. The molecule has 0 unspecified atom stereocenters. The molecule has 0 fully saturated rings. The molecule has 0 saturated carbocycles. The van der Waals surface area contributed by atoms with E-state index in [9.17, 15) is 22.0 Å². The average molecular weight is 228 g/mol. The van der Waals surface area contributed by atoms with Crippen LogP contribution in [0.1, 0.15) is 17.9 Å². The van der Waals surface area contributed by atoms with Gasteiger partial charge in [0.15, 0.2) is 5.69 Å². The molecule has 0 bridgehead atoms. The Bertz CT molecular complexity index is 379. The Balaban J connectivity index is 3.28. The first-order valence-electron chi connectivity index (χ1n) is 3.52. The number of rotatable bonds is 2. The van der Waals surface area contributed by atoms with Gasteiger partial charge in [0, 0.05) is 0 Å². The Morgan fingerprint density at radius 2 is 2.00 bits per heavy atom. The third-order valence-electron chi connectivity index (χ3n) is 1.49. The SMILES string of the molecule is N=C(N)c1cc(C(F)(F)F)nn1C(F)F. The van der Waals surface area contributed by atoms with Crippen molar-refractivity contribution in [2.24, 2.45) is 5.73 Å². The van der Waals surface area contributed by atoms with E-state index in [1.165, 1.54) is 0 Å². The molecule has 1 rings (SSSR count). The lowest BCUT2D eigenvalue weighted by Crippen LogP contribution is -2.18. The minimum absolute atomic E-state index is 0.245. The molecular weight excluding hydrogens is 223 g/mol. The number of nitrogen functional groups attached to an aromatic ring is 1. The van der Waals surface area contributed by atoms with Gasteiger partial charge in [0.1, 0.15) is 11.5 Å². The van der Waals surface area contributed by atoms with Crippen molar-refractivity contribution in [2.45, 2.75) is 12.7 Å². The van der Waals surface area contributed by atoms with Crippen LogP contribution in [0.25, 0.3) is 0 Å². The second kappa shape index (κ2) is 3.48. The fourth-order valence-electron chi connectivity index (χ4n) is 0.883. The van der Waals surface area contributed by atoms with Gasteiger partial charge in [0.2, 0.25) is 0 Å². The highest BCUT2D eigenvalue weighted by atomic mass is 19.4. The first kappa shape index (κ1) is 11.4. The van der Waals surface area contributed by atoms with Gasteiger partial charge in [-0.05, 0) is 6.07 Å². The standard InChI is InChI=1S/C6H5F5N4/c7-5(8)15-2(4(12)13)1-3(14-15)6(9,10)11/h1,5H,(H3,12,13). The van der Waals surface area contributed by atoms with Crippen molar-refractivity contribution in [3.8, 4) is 0 Å². The van der Waals surface area contributed by atoms with E-state index in [1.807, 2.05) is 0 Å². The van der Waals surface area contributed by atoms with Gasteiger partial charge in [0.05, 0.1) is 0 Å². The van der Waals surface area contributed by atoms with Gasteiger partial charge in [-0.25, -0.2) is 0 Å². The highest BCUT2D eigenvalue weighted by Gasteiger charge is 2.36. The smallest absolute Gasteiger partial charge is 0.382 e. The number of aromatic nitrogens is 2. The summed E-state index contributed by atoms with van der Waals surface area (Å²) < 4.78 is 60.3. The van der Waals surface area contributed by atoms with Crippen LogP contribution in [-0.4, -0.2) is 15.6 Å². The molecule has 0 amide bonds. The minimum Gasteiger partial charge on any atom is -0.382 e. The highest BCUT2D eigenvalue weighted by Crippen LogP contribution is 2.29. The Hall–Kier alpha value is -1.67. The van der Waals surface area contributed by atoms with Crippen LogP contribution in [0, 0.1) is 5.41 Å². The molecule has 0 aliphatic rings. The number of hydrogen-bond acceptors (Lipinski definition) is 2. The molecule has 9 heteroatoms. The summed E-state index contributed by atoms with van der Waals surface area (Å²) >= 11 is 0. The number of hydrogen-bond donors (Lipinski definition) is 2. The summed E-state index contributed by atoms with van der Waals surface area (Å²) in [5, 5.41) is 9.43. The number of nitrogens with zero attached hydrogens (tertiary/aromatic N) is 2. The maximum Gasteiger partial charge on any atom is 0.435 e. The zero-order chi connectivity index (χ0) is 11.8. The number of amidine groups is 1. The van der Waals surface area contributed by atoms with Gasteiger partial charge in [-0.1, -0.05) is 0 Å². The Kier molecular flexibility index (Phi) is 2.65. The summed E-state index contributed by atoms with van der Waals surface area (Å²) in [6.07, 6.45) is -4.84. The molecule has 0 aromatic carbocycles. The molecule has 4 nitrogen and oxygen atoms in total. The van der Waals surface area contributed by atoms with Gasteiger partial charge in [-0.3, -0.25) is 5.41 Å². The molecule has 84 valence electrons. The molecular formula is C6H5F5N4. The third-order valence-corrected chi connectivity index (χ3v) is 1.49. The molecule has 0 atom stereocenters. The Labute approximate surface area is 80.0 Å². The van der Waals surface area contributed by atoms with Crippen LogP contribution in [0.15, 0.2) is 6.07 Å². The fraction of sp³-hybridized carbons (Fsp3) is 0.333. The quantitative estimate of drug-likeness (QED) is 0.458. The highest BCUT2D eigenvalue weighted by molar-refractivity contribution is 5.93. The minimum atomic E-state index is -4.84. The van der Waals surface area contributed by atoms with Crippen LogP contribution < -0.4 is 5.73 Å². The predicted molar refractivity (Wildman–Crippen MR) is 39.5 cm³/mol. The molecule has 3 N–H and O–H groups in total. The van der Waals surface area contributed by atoms with Gasteiger partial charge < -0.3 is 5.73 Å². The van der Waals surface area contributed by atoms with Gasteiger partial charge in [0.25, 0.3) is 0 Å². The summed E-state index contributed by atoms with van der Waals surface area (Å²) in [5.74, 6) is -0.904. The van der Waals surface area contributed by atoms with Crippen molar-refractivity contribution in [1.82, 2.24) is 9.78 Å². The monoisotopic (exact) mass is 228 g/mol. The van der Waals surface area contributed by atoms with E-state index < -0.39 is 29.9 Å². The molecule has 0 saturated heterocycles. The van der Waals surface area contributed by atoms with Crippen LogP contribution in [0.3, 0.4) is 0 Å². The summed E-state index contributed by atoms with van der Waals surface area (Å²) in [6, 6.07) is 0.300. The summed E-state index contributed by atoms with van der Waals surface area (Å²) in [5.41, 5.74) is 2.56. The largest absolute Gasteiger partial charge is 0.435 e. The molecule has 1 aromatic heterocycles. The van der Waals surface area contributed by atoms with E-state index in [4.69, 9.17) is 11.1 Å². The Morgan fingerprint density at radius 1 is 1.47 bits per heavy atom. The van der Waals surface area contributed by atoms with Crippen LogP contribution in [-0.2, 0) is 6.18 Å². The topological polar surface area (TPSA) is 67.7 Å². The van der Waals surface area contributed by atoms with Crippen molar-refractivity contribution >= 4 is 5.84 Å². The first-order chi connectivity index (χ1) is 6.73. The van der Waals surface area contributed by atoms with Gasteiger partial charge >= 0.3 is 12.7 Å². The maximum atomic E-state index is 12.2. The zero-order valence-corrected chi connectivity index (χ0v) is 7.02. The molecule has 1 aromatic rings. The van der Waals surface area contributed by atoms with Crippen molar-refractivity contribution in [1.29, 1.82) is 5.41 Å². The van der Waals surface area contributed by atoms with Gasteiger partial charge in [-0.15, -0.1) is 0 Å². The normalized spacial score (nSPS) is 12.1. The lowest BCUT2D eigenvalue weighted by molar-refractivity contribution is -0.142. The van der Waals surface area contributed by atoms with Crippen molar-refractivity contribution in [3.05, 3.63) is 17.5 Å². The lowest BCUT2D eigenvalue weighted by Gasteiger charge is -2.03. The maximum absolute atomic E-state index is 12.2. The van der Waals surface area contributed by atoms with Crippen LogP contribution in [0.5, 0.6) is 0 Å². The first-order valence-corrected chi connectivity index (χ1v) is 3.52. The number of nitrogens with one attached hydrogen (secondary N) is 1. The fourth-order valence-corrected chi connectivity index (χ4v) is 0.883. The van der Waals surface area contributed by atoms with Crippen molar-refractivity contribution < 1.29 is 22.0 Å². The molecule has 0 spiro atoms. The van der Waals surface area contributed by atoms with Crippen molar-refractivity contribution in [3.63, 3.8) is 0 Å². The summed E-state index contributed by atoms with van der Waals surface area (Å²) in [6.45, 7) is -3.28. The van der Waals surface area contributed by atoms with Crippen LogP contribution in [0.4, 0.5) is 22.0 Å². The van der Waals surface area contributed by atoms with Crippen LogP contribution >= 0.6 is 0 Å². The van der Waals surface area contributed by atoms with E-state index in [0.29, 0.717) is 6.07 Å². The molecule has 1 heterocycles. The summed E-state index contributed by atoms with van der Waals surface area (Å²) in [7, 11) is 0. The molecule has 0 aliphatic carbocycles. The molecule has 15 heavy (non-hydrogen) atoms. The molecule has 0 aliphatic heterocycles. The van der Waals surface area contributed by atoms with E-state index in [1.54, 1.807) is 0 Å². The Morgan fingerprint density at radius 3 is 2.27 bits per heavy atom. The van der Waals surface area contributed by atoms with E-state index in [-0.39, 0.29) is 4.68 Å². The lowest BCUT2D eigenvalue weighted by atomic mass is 10.3. The van der Waals surface area contributed by atoms with E-state index in [0.717, 1.165) is 0 Å². The zero-order valence-electron chi connectivity index (χ0n) is 7.02. The number of nitrogens with two attached hydrogens (primary N) is 1. The third kappa shape index (κ3) is 2.22. The van der Waals surface area contributed by atoms with E-state index in [2.05, 4.69) is 5.10 Å². The number of alkyl halides is 5.